The number of nitrogens with zero attached hydrogens (tertiary/aromatic N) is 1. The number of nitrogens with one attached hydrogen (secondary N) is 1. The summed E-state index contributed by atoms with van der Waals surface area (Å²) in [6, 6.07) is 6.88. The maximum Gasteiger partial charge on any atom is 0.242 e. The van der Waals surface area contributed by atoms with Crippen LogP contribution in [0.25, 0.3) is 0 Å². The van der Waals surface area contributed by atoms with Gasteiger partial charge in [0.2, 0.25) is 11.8 Å². The van der Waals surface area contributed by atoms with Crippen LogP contribution in [-0.2, 0) is 16.1 Å². The van der Waals surface area contributed by atoms with Crippen molar-refractivity contribution in [2.45, 2.75) is 59.0 Å². The molecule has 1 aromatic rings. The zero-order chi connectivity index (χ0) is 17.2. The fourth-order valence-electron chi connectivity index (χ4n) is 2.26. The molecule has 0 aromatic heterocycles. The van der Waals surface area contributed by atoms with Gasteiger partial charge in [0.05, 0.1) is 0 Å². The van der Waals surface area contributed by atoms with E-state index in [0.29, 0.717) is 24.5 Å². The number of rotatable bonds is 9. The van der Waals surface area contributed by atoms with E-state index in [0.717, 1.165) is 24.8 Å². The van der Waals surface area contributed by atoms with Crippen molar-refractivity contribution in [3.63, 3.8) is 0 Å². The van der Waals surface area contributed by atoms with Gasteiger partial charge in [-0.05, 0) is 37.5 Å². The fourth-order valence-corrected chi connectivity index (χ4v) is 2.39. The Morgan fingerprint density at radius 3 is 2.39 bits per heavy atom. The molecule has 4 nitrogen and oxygen atoms in total. The van der Waals surface area contributed by atoms with Gasteiger partial charge >= 0.3 is 0 Å². The number of hydrogen-bond donors (Lipinski definition) is 1. The topological polar surface area (TPSA) is 49.4 Å². The van der Waals surface area contributed by atoms with Crippen molar-refractivity contribution in [2.24, 2.45) is 0 Å². The van der Waals surface area contributed by atoms with E-state index in [1.807, 2.05) is 19.1 Å². The van der Waals surface area contributed by atoms with Gasteiger partial charge in [-0.15, -0.1) is 0 Å². The zero-order valence-electron chi connectivity index (χ0n) is 14.3. The number of amides is 2. The number of hydrogen-bond acceptors (Lipinski definition) is 2. The summed E-state index contributed by atoms with van der Waals surface area (Å²) in [6.45, 7) is 6.89. The largest absolute Gasteiger partial charge is 0.354 e. The average molecular weight is 339 g/mol. The van der Waals surface area contributed by atoms with Crippen LogP contribution in [0.2, 0.25) is 5.02 Å². The summed E-state index contributed by atoms with van der Waals surface area (Å²) in [5.41, 5.74) is 0.965. The normalized spacial score (nSPS) is 11.8. The molecule has 0 saturated heterocycles. The van der Waals surface area contributed by atoms with Crippen molar-refractivity contribution in [2.75, 3.05) is 6.54 Å². The molecule has 1 rings (SSSR count). The van der Waals surface area contributed by atoms with Gasteiger partial charge in [-0.3, -0.25) is 9.59 Å². The van der Waals surface area contributed by atoms with Crippen LogP contribution < -0.4 is 5.32 Å². The summed E-state index contributed by atoms with van der Waals surface area (Å²) in [7, 11) is 0. The lowest BCUT2D eigenvalue weighted by Gasteiger charge is -2.28. The molecule has 0 saturated carbocycles. The lowest BCUT2D eigenvalue weighted by molar-refractivity contribution is -0.140. The predicted octanol–water partition coefficient (Wildman–Crippen LogP) is 3.77. The predicted molar refractivity (Wildman–Crippen MR) is 94.3 cm³/mol. The van der Waals surface area contributed by atoms with E-state index in [1.54, 1.807) is 24.0 Å². The molecule has 1 aromatic carbocycles. The quantitative estimate of drug-likeness (QED) is 0.697. The van der Waals surface area contributed by atoms with Gasteiger partial charge in [0.15, 0.2) is 0 Å². The van der Waals surface area contributed by atoms with Gasteiger partial charge < -0.3 is 10.2 Å². The van der Waals surface area contributed by atoms with Crippen molar-refractivity contribution in [1.82, 2.24) is 10.2 Å². The second-order valence-electron chi connectivity index (χ2n) is 5.72. The zero-order valence-corrected chi connectivity index (χ0v) is 15.0. The highest BCUT2D eigenvalue weighted by atomic mass is 35.5. The molecule has 0 aliphatic carbocycles. The molecular formula is C18H27ClN2O2. The summed E-state index contributed by atoms with van der Waals surface area (Å²) < 4.78 is 0. The summed E-state index contributed by atoms with van der Waals surface area (Å²) in [5, 5.41) is 3.56. The number of carbonyl (C=O) groups excluding carboxylic acids is 2. The van der Waals surface area contributed by atoms with E-state index in [-0.39, 0.29) is 11.8 Å². The Balaban J connectivity index is 2.80. The Morgan fingerprint density at radius 2 is 1.83 bits per heavy atom. The first kappa shape index (κ1) is 19.5. The third-order valence-corrected chi connectivity index (χ3v) is 3.98. The first-order valence-electron chi connectivity index (χ1n) is 8.31. The Hall–Kier alpha value is -1.55. The van der Waals surface area contributed by atoms with Crippen LogP contribution in [-0.4, -0.2) is 29.3 Å². The maximum absolute atomic E-state index is 12.4. The van der Waals surface area contributed by atoms with Gasteiger partial charge in [-0.25, -0.2) is 0 Å². The van der Waals surface area contributed by atoms with Gasteiger partial charge in [0.25, 0.3) is 0 Å². The minimum Gasteiger partial charge on any atom is -0.354 e. The van der Waals surface area contributed by atoms with Crippen LogP contribution in [0.15, 0.2) is 24.3 Å². The standard InChI is InChI=1S/C18H27ClN2O2/c1-4-6-12-20-18(23)14(3)21(17(22)7-5-2)13-15-8-10-16(19)11-9-15/h8-11,14H,4-7,12-13H2,1-3H3,(H,20,23)/t14-/m1/s1. The second-order valence-corrected chi connectivity index (χ2v) is 6.16. The van der Waals surface area contributed by atoms with Gasteiger partial charge in [-0.1, -0.05) is 44.0 Å². The molecule has 0 spiro atoms. The number of halogens is 1. The Bertz CT molecular complexity index is 502. The van der Waals surface area contributed by atoms with E-state index < -0.39 is 6.04 Å². The molecule has 0 bridgehead atoms. The fraction of sp³-hybridized carbons (Fsp3) is 0.556. The molecule has 0 unspecified atom stereocenters. The minimum absolute atomic E-state index is 0.000548. The molecule has 23 heavy (non-hydrogen) atoms. The van der Waals surface area contributed by atoms with E-state index in [9.17, 15) is 9.59 Å². The summed E-state index contributed by atoms with van der Waals surface area (Å²) in [6.07, 6.45) is 3.18. The van der Waals surface area contributed by atoms with E-state index in [2.05, 4.69) is 12.2 Å². The number of benzene rings is 1. The van der Waals surface area contributed by atoms with Crippen molar-refractivity contribution >= 4 is 23.4 Å². The molecule has 5 heteroatoms. The van der Waals surface area contributed by atoms with Crippen LogP contribution in [0, 0.1) is 0 Å². The minimum atomic E-state index is -0.485. The van der Waals surface area contributed by atoms with E-state index in [1.165, 1.54) is 0 Å². The van der Waals surface area contributed by atoms with Gasteiger partial charge in [0.1, 0.15) is 6.04 Å². The Kier molecular flexibility index (Phi) is 8.70. The summed E-state index contributed by atoms with van der Waals surface area (Å²) in [4.78, 5) is 26.3. The monoisotopic (exact) mass is 338 g/mol. The van der Waals surface area contributed by atoms with Crippen molar-refractivity contribution in [1.29, 1.82) is 0 Å². The van der Waals surface area contributed by atoms with Gasteiger partial charge in [-0.2, -0.15) is 0 Å². The van der Waals surface area contributed by atoms with Crippen LogP contribution >= 0.6 is 11.6 Å². The Morgan fingerprint density at radius 1 is 1.17 bits per heavy atom. The van der Waals surface area contributed by atoms with Crippen LogP contribution in [0.3, 0.4) is 0 Å². The molecule has 128 valence electrons. The van der Waals surface area contributed by atoms with E-state index in [4.69, 9.17) is 11.6 Å². The lowest BCUT2D eigenvalue weighted by atomic mass is 10.1. The third kappa shape index (κ3) is 6.61. The lowest BCUT2D eigenvalue weighted by Crippen LogP contribution is -2.47. The highest BCUT2D eigenvalue weighted by molar-refractivity contribution is 6.30. The van der Waals surface area contributed by atoms with Gasteiger partial charge in [0, 0.05) is 24.5 Å². The average Bonchev–Trinajstić information content (AvgIpc) is 2.54. The smallest absolute Gasteiger partial charge is 0.242 e. The highest BCUT2D eigenvalue weighted by Gasteiger charge is 2.25. The van der Waals surface area contributed by atoms with Crippen LogP contribution in [0.5, 0.6) is 0 Å². The van der Waals surface area contributed by atoms with E-state index >= 15 is 0 Å². The van der Waals surface area contributed by atoms with Crippen molar-refractivity contribution in [3.8, 4) is 0 Å². The Labute approximate surface area is 144 Å². The summed E-state index contributed by atoms with van der Waals surface area (Å²) >= 11 is 5.90. The molecule has 0 radical (unpaired) electrons. The molecule has 0 aliphatic heterocycles. The molecule has 1 atom stereocenters. The highest BCUT2D eigenvalue weighted by Crippen LogP contribution is 2.14. The molecule has 1 N–H and O–H groups in total. The molecular weight excluding hydrogens is 312 g/mol. The first-order chi connectivity index (χ1) is 11.0. The molecule has 0 aliphatic rings. The number of carbonyl (C=O) groups is 2. The second kappa shape index (κ2) is 10.3. The first-order valence-corrected chi connectivity index (χ1v) is 8.69. The molecule has 0 heterocycles. The van der Waals surface area contributed by atoms with Crippen molar-refractivity contribution in [3.05, 3.63) is 34.9 Å². The number of unbranched alkanes of at least 4 members (excludes halogenated alkanes) is 1. The van der Waals surface area contributed by atoms with Crippen LogP contribution in [0.4, 0.5) is 0 Å². The maximum atomic E-state index is 12.4. The molecule has 0 fully saturated rings. The van der Waals surface area contributed by atoms with Crippen LogP contribution in [0.1, 0.15) is 52.0 Å². The van der Waals surface area contributed by atoms with Crippen molar-refractivity contribution < 1.29 is 9.59 Å². The third-order valence-electron chi connectivity index (χ3n) is 3.73. The molecule has 2 amide bonds. The SMILES string of the molecule is CCCCNC(=O)[C@@H](C)N(Cc1ccc(Cl)cc1)C(=O)CCC. The summed E-state index contributed by atoms with van der Waals surface area (Å²) in [5.74, 6) is -0.0996.